The first-order valence-electron chi connectivity index (χ1n) is 9.18. The van der Waals surface area contributed by atoms with Crippen LogP contribution in [0.1, 0.15) is 31.2 Å². The number of nitrogens with zero attached hydrogens (tertiary/aromatic N) is 3. The van der Waals surface area contributed by atoms with Crippen LogP contribution in [0.3, 0.4) is 0 Å². The van der Waals surface area contributed by atoms with E-state index < -0.39 is 0 Å². The van der Waals surface area contributed by atoms with Gasteiger partial charge in [0, 0.05) is 13.0 Å². The van der Waals surface area contributed by atoms with Crippen molar-refractivity contribution in [3.63, 3.8) is 0 Å². The number of nitrogens with one attached hydrogen (secondary N) is 1. The third-order valence-electron chi connectivity index (χ3n) is 5.00. The Hall–Kier alpha value is -2.41. The molecule has 0 saturated carbocycles. The van der Waals surface area contributed by atoms with Crippen LogP contribution in [-0.4, -0.2) is 40.5 Å². The Morgan fingerprint density at radius 1 is 1.27 bits per heavy atom. The summed E-state index contributed by atoms with van der Waals surface area (Å²) in [5, 5.41) is 7.62. The van der Waals surface area contributed by atoms with Crippen molar-refractivity contribution in [1.29, 1.82) is 0 Å². The molecule has 1 aliphatic rings. The van der Waals surface area contributed by atoms with Crippen molar-refractivity contribution in [2.24, 2.45) is 5.92 Å². The highest BCUT2D eigenvalue weighted by Crippen LogP contribution is 2.16. The van der Waals surface area contributed by atoms with Crippen LogP contribution in [-0.2, 0) is 22.5 Å². The predicted octanol–water partition coefficient (Wildman–Crippen LogP) is 1.53. The van der Waals surface area contributed by atoms with Gasteiger partial charge in [0.05, 0.1) is 12.8 Å². The fraction of sp³-hybridized carbons (Fsp3) is 0.526. The number of carbonyl (C=O) groups excluding carboxylic acids is 1. The van der Waals surface area contributed by atoms with Gasteiger partial charge in [0.1, 0.15) is 6.33 Å². The molecule has 0 unspecified atom stereocenters. The van der Waals surface area contributed by atoms with Crippen LogP contribution in [0, 0.1) is 5.92 Å². The van der Waals surface area contributed by atoms with Crippen molar-refractivity contribution in [3.8, 4) is 5.69 Å². The zero-order valence-electron chi connectivity index (χ0n) is 15.2. The molecule has 140 valence electrons. The highest BCUT2D eigenvalue weighted by atomic mass is 16.5. The number of hydrogen-bond acceptors (Lipinski definition) is 5. The molecule has 1 aromatic heterocycles. The summed E-state index contributed by atoms with van der Waals surface area (Å²) in [6.07, 6.45) is 5.88. The first kappa shape index (κ1) is 18.4. The number of ether oxygens (including phenoxy) is 1. The minimum atomic E-state index is -0.222. The maximum atomic E-state index is 12.6. The normalized spacial score (nSPS) is 15.1. The van der Waals surface area contributed by atoms with E-state index in [-0.39, 0.29) is 11.7 Å². The fourth-order valence-electron chi connectivity index (χ4n) is 3.31. The summed E-state index contributed by atoms with van der Waals surface area (Å²) in [5.74, 6) is 0.447. The first-order valence-corrected chi connectivity index (χ1v) is 9.18. The number of benzene rings is 1. The minimum absolute atomic E-state index is 0.110. The van der Waals surface area contributed by atoms with Crippen LogP contribution in [0.25, 0.3) is 5.69 Å². The van der Waals surface area contributed by atoms with Crippen LogP contribution in [0.5, 0.6) is 0 Å². The first-order chi connectivity index (χ1) is 12.7. The van der Waals surface area contributed by atoms with Crippen molar-refractivity contribution < 1.29 is 9.53 Å². The van der Waals surface area contributed by atoms with Gasteiger partial charge in [0.2, 0.25) is 0 Å². The molecular formula is C19H26N4O3. The number of piperidine rings is 1. The molecule has 7 heteroatoms. The van der Waals surface area contributed by atoms with E-state index in [0.717, 1.165) is 30.8 Å². The molecule has 0 aliphatic carbocycles. The lowest BCUT2D eigenvalue weighted by molar-refractivity contribution is -0.140. The molecular weight excluding hydrogens is 332 g/mol. The molecule has 0 amide bonds. The second-order valence-electron chi connectivity index (χ2n) is 6.73. The van der Waals surface area contributed by atoms with Crippen LogP contribution in [0.4, 0.5) is 0 Å². The van der Waals surface area contributed by atoms with Crippen LogP contribution < -0.4 is 11.0 Å². The molecule has 0 radical (unpaired) electrons. The summed E-state index contributed by atoms with van der Waals surface area (Å²) < 4.78 is 7.76. The largest absolute Gasteiger partial charge is 0.469 e. The second-order valence-corrected chi connectivity index (χ2v) is 6.73. The number of aromatic nitrogens is 3. The summed E-state index contributed by atoms with van der Waals surface area (Å²) in [7, 11) is 1.39. The van der Waals surface area contributed by atoms with E-state index in [9.17, 15) is 9.59 Å². The predicted molar refractivity (Wildman–Crippen MR) is 98.4 cm³/mol. The Balaban J connectivity index is 1.61. The molecule has 2 aromatic rings. The Bertz CT molecular complexity index is 773. The van der Waals surface area contributed by atoms with Gasteiger partial charge in [0.25, 0.3) is 0 Å². The Kier molecular flexibility index (Phi) is 6.22. The topological polar surface area (TPSA) is 78.2 Å². The average molecular weight is 358 g/mol. The van der Waals surface area contributed by atoms with Crippen molar-refractivity contribution in [2.45, 2.75) is 38.6 Å². The minimum Gasteiger partial charge on any atom is -0.469 e. The summed E-state index contributed by atoms with van der Waals surface area (Å²) in [4.78, 5) is 23.8. The van der Waals surface area contributed by atoms with Gasteiger partial charge >= 0.3 is 11.7 Å². The quantitative estimate of drug-likeness (QED) is 0.760. The smallest absolute Gasteiger partial charge is 0.350 e. The standard InChI is InChI=1S/C19H26N4O3/c1-26-18(24)7-4-15-2-5-17(6-3-15)22-14-21-23(19(22)25)13-10-16-8-11-20-12-9-16/h2-3,5-6,14,16,20H,4,7-13H2,1H3. The lowest BCUT2D eigenvalue weighted by atomic mass is 9.95. The lowest BCUT2D eigenvalue weighted by Gasteiger charge is -2.22. The van der Waals surface area contributed by atoms with Gasteiger partial charge in [-0.15, -0.1) is 0 Å². The number of esters is 1. The molecule has 1 aliphatic heterocycles. The number of methoxy groups -OCH3 is 1. The van der Waals surface area contributed by atoms with E-state index >= 15 is 0 Å². The molecule has 0 spiro atoms. The van der Waals surface area contributed by atoms with Gasteiger partial charge in [-0.2, -0.15) is 5.10 Å². The van der Waals surface area contributed by atoms with Crippen molar-refractivity contribution in [1.82, 2.24) is 19.7 Å². The molecule has 3 rings (SSSR count). The SMILES string of the molecule is COC(=O)CCc1ccc(-n2cnn(CCC3CCNCC3)c2=O)cc1. The number of aryl methyl sites for hydroxylation is 2. The molecule has 1 N–H and O–H groups in total. The van der Waals surface area contributed by atoms with E-state index in [0.29, 0.717) is 25.3 Å². The fourth-order valence-corrected chi connectivity index (χ4v) is 3.31. The Morgan fingerprint density at radius 2 is 2.00 bits per heavy atom. The zero-order valence-corrected chi connectivity index (χ0v) is 15.2. The molecule has 0 bridgehead atoms. The Morgan fingerprint density at radius 3 is 2.69 bits per heavy atom. The monoisotopic (exact) mass is 358 g/mol. The van der Waals surface area contributed by atoms with Crippen LogP contribution in [0.15, 0.2) is 35.4 Å². The van der Waals surface area contributed by atoms with Gasteiger partial charge in [0.15, 0.2) is 0 Å². The zero-order chi connectivity index (χ0) is 18.4. The van der Waals surface area contributed by atoms with E-state index in [1.54, 1.807) is 15.6 Å². The maximum Gasteiger partial charge on any atom is 0.350 e. The second kappa shape index (κ2) is 8.80. The maximum absolute atomic E-state index is 12.6. The van der Waals surface area contributed by atoms with E-state index in [1.165, 1.54) is 20.0 Å². The molecule has 2 heterocycles. The van der Waals surface area contributed by atoms with Crippen molar-refractivity contribution in [3.05, 3.63) is 46.6 Å². The summed E-state index contributed by atoms with van der Waals surface area (Å²) in [6.45, 7) is 2.79. The molecule has 0 atom stereocenters. The highest BCUT2D eigenvalue weighted by Gasteiger charge is 2.14. The van der Waals surface area contributed by atoms with E-state index in [1.807, 2.05) is 24.3 Å². The van der Waals surface area contributed by atoms with Gasteiger partial charge in [-0.1, -0.05) is 12.1 Å². The number of hydrogen-bond donors (Lipinski definition) is 1. The average Bonchev–Trinajstić information content (AvgIpc) is 3.06. The molecule has 26 heavy (non-hydrogen) atoms. The molecule has 1 aromatic carbocycles. The van der Waals surface area contributed by atoms with Gasteiger partial charge in [-0.3, -0.25) is 4.79 Å². The van der Waals surface area contributed by atoms with E-state index in [4.69, 9.17) is 0 Å². The molecule has 1 saturated heterocycles. The summed E-state index contributed by atoms with van der Waals surface area (Å²) in [6, 6.07) is 7.62. The number of rotatable bonds is 7. The van der Waals surface area contributed by atoms with Crippen LogP contribution >= 0.6 is 0 Å². The third kappa shape index (κ3) is 4.60. The van der Waals surface area contributed by atoms with Crippen molar-refractivity contribution in [2.75, 3.05) is 20.2 Å². The Labute approximate surface area is 153 Å². The summed E-state index contributed by atoms with van der Waals surface area (Å²) >= 11 is 0. The summed E-state index contributed by atoms with van der Waals surface area (Å²) in [5.41, 5.74) is 1.71. The highest BCUT2D eigenvalue weighted by molar-refractivity contribution is 5.69. The van der Waals surface area contributed by atoms with Crippen LogP contribution in [0.2, 0.25) is 0 Å². The van der Waals surface area contributed by atoms with Gasteiger partial charge in [-0.25, -0.2) is 14.0 Å². The van der Waals surface area contributed by atoms with Crippen molar-refractivity contribution >= 4 is 5.97 Å². The molecule has 7 nitrogen and oxygen atoms in total. The van der Waals surface area contributed by atoms with Gasteiger partial charge < -0.3 is 10.1 Å². The molecule has 1 fully saturated rings. The third-order valence-corrected chi connectivity index (χ3v) is 5.00. The van der Waals surface area contributed by atoms with Gasteiger partial charge in [-0.05, 0) is 62.4 Å². The number of carbonyl (C=O) groups is 1. The lowest BCUT2D eigenvalue weighted by Crippen LogP contribution is -2.30. The van der Waals surface area contributed by atoms with E-state index in [2.05, 4.69) is 15.2 Å².